The molecule has 2 aromatic heterocycles. The number of fused-ring (bicyclic) bond motifs is 3. The summed E-state index contributed by atoms with van der Waals surface area (Å²) in [5.41, 5.74) is 2.89. The van der Waals surface area contributed by atoms with Crippen molar-refractivity contribution in [1.82, 2.24) is 14.5 Å². The number of hydrogen-bond donors (Lipinski definition) is 1. The topological polar surface area (TPSA) is 92.6 Å². The second kappa shape index (κ2) is 10.1. The van der Waals surface area contributed by atoms with Gasteiger partial charge in [-0.25, -0.2) is 18.7 Å². The van der Waals surface area contributed by atoms with Crippen molar-refractivity contribution in [2.45, 2.75) is 13.0 Å². The van der Waals surface area contributed by atoms with Crippen molar-refractivity contribution >= 4 is 29.0 Å². The van der Waals surface area contributed by atoms with E-state index in [0.29, 0.717) is 49.2 Å². The summed E-state index contributed by atoms with van der Waals surface area (Å²) in [6.07, 6.45) is 2.25. The summed E-state index contributed by atoms with van der Waals surface area (Å²) in [6, 6.07) is 13.8. The van der Waals surface area contributed by atoms with E-state index in [1.165, 1.54) is 12.1 Å². The molecule has 40 heavy (non-hydrogen) atoms. The lowest BCUT2D eigenvalue weighted by atomic mass is 10.0. The molecule has 0 spiro atoms. The van der Waals surface area contributed by atoms with Crippen molar-refractivity contribution in [2.75, 3.05) is 41.4 Å². The van der Waals surface area contributed by atoms with Crippen LogP contribution in [0.4, 0.5) is 26.1 Å². The Morgan fingerprint density at radius 3 is 2.55 bits per heavy atom. The third kappa shape index (κ3) is 4.53. The minimum Gasteiger partial charge on any atom is -0.489 e. The molecular weight excluding hydrogens is 518 g/mol. The molecule has 2 aliphatic rings. The molecule has 1 atom stereocenters. The number of aromatic nitrogens is 3. The van der Waals surface area contributed by atoms with Gasteiger partial charge in [0.1, 0.15) is 23.9 Å². The number of piperazine rings is 1. The van der Waals surface area contributed by atoms with Crippen LogP contribution >= 0.6 is 0 Å². The number of rotatable bonds is 5. The maximum atomic E-state index is 15.3. The van der Waals surface area contributed by atoms with Crippen LogP contribution in [0.15, 0.2) is 60.9 Å². The number of anilines is 3. The fourth-order valence-electron chi connectivity index (χ4n) is 5.26. The number of nitrogens with one attached hydrogen (secondary N) is 1. The van der Waals surface area contributed by atoms with E-state index in [0.717, 1.165) is 23.7 Å². The summed E-state index contributed by atoms with van der Waals surface area (Å²) in [4.78, 5) is 38.4. The third-order valence-corrected chi connectivity index (χ3v) is 7.39. The normalized spacial score (nSPS) is 16.1. The Labute approximate surface area is 229 Å². The molecule has 4 heterocycles. The Hall–Kier alpha value is -4.80. The Morgan fingerprint density at radius 1 is 1.05 bits per heavy atom. The van der Waals surface area contributed by atoms with Crippen molar-refractivity contribution in [3.63, 3.8) is 0 Å². The molecule has 1 N–H and O–H groups in total. The van der Waals surface area contributed by atoms with Crippen LogP contribution in [0.3, 0.4) is 0 Å². The van der Waals surface area contributed by atoms with Crippen LogP contribution in [-0.4, -0.2) is 58.5 Å². The van der Waals surface area contributed by atoms with Gasteiger partial charge in [-0.3, -0.25) is 9.59 Å². The molecule has 2 aliphatic heterocycles. The Balaban J connectivity index is 1.21. The highest BCUT2D eigenvalue weighted by Crippen LogP contribution is 2.39. The molecule has 0 bridgehead atoms. The van der Waals surface area contributed by atoms with Crippen LogP contribution < -0.4 is 19.9 Å². The van der Waals surface area contributed by atoms with E-state index in [4.69, 9.17) is 4.74 Å². The molecule has 204 valence electrons. The van der Waals surface area contributed by atoms with E-state index in [1.54, 1.807) is 11.6 Å². The number of benzene rings is 2. The number of carbonyl (C=O) groups excluding carboxylic acids is 2. The molecule has 0 saturated carbocycles. The van der Waals surface area contributed by atoms with Crippen LogP contribution in [0, 0.1) is 18.6 Å². The molecule has 9 nitrogen and oxygen atoms in total. The highest BCUT2D eigenvalue weighted by atomic mass is 19.1. The molecule has 6 rings (SSSR count). The zero-order valence-corrected chi connectivity index (χ0v) is 21.9. The lowest BCUT2D eigenvalue weighted by Gasteiger charge is -2.45. The zero-order valence-electron chi connectivity index (χ0n) is 21.9. The van der Waals surface area contributed by atoms with E-state index in [1.807, 2.05) is 53.1 Å². The van der Waals surface area contributed by atoms with Gasteiger partial charge >= 0.3 is 0 Å². The van der Waals surface area contributed by atoms with Crippen LogP contribution in [-0.2, 0) is 11.8 Å². The van der Waals surface area contributed by atoms with Crippen LogP contribution in [0.2, 0.25) is 0 Å². The maximum absolute atomic E-state index is 15.3. The van der Waals surface area contributed by atoms with Gasteiger partial charge in [-0.05, 0) is 18.6 Å². The first-order valence-electron chi connectivity index (χ1n) is 12.8. The first-order chi connectivity index (χ1) is 19.3. The fourth-order valence-corrected chi connectivity index (χ4v) is 5.26. The van der Waals surface area contributed by atoms with Gasteiger partial charge in [0.2, 0.25) is 5.95 Å². The summed E-state index contributed by atoms with van der Waals surface area (Å²) < 4.78 is 36.1. The molecule has 0 aliphatic carbocycles. The summed E-state index contributed by atoms with van der Waals surface area (Å²) in [7, 11) is 1.72. The van der Waals surface area contributed by atoms with Gasteiger partial charge in [0.05, 0.1) is 29.8 Å². The quantitative estimate of drug-likeness (QED) is 0.300. The van der Waals surface area contributed by atoms with Gasteiger partial charge in [0.25, 0.3) is 11.7 Å². The number of nitrogens with zero attached hydrogens (tertiary/aromatic N) is 5. The van der Waals surface area contributed by atoms with Crippen molar-refractivity contribution in [2.24, 2.45) is 7.05 Å². The van der Waals surface area contributed by atoms with E-state index >= 15 is 4.39 Å². The number of Topliss-reactive ketones (excluding diaryl/α,β-unsaturated/α-hetero) is 1. The van der Waals surface area contributed by atoms with Crippen molar-refractivity contribution in [3.05, 3.63) is 83.9 Å². The summed E-state index contributed by atoms with van der Waals surface area (Å²) in [5.74, 6) is -2.07. The number of carbonyl (C=O) groups is 2. The lowest BCUT2D eigenvalue weighted by Crippen LogP contribution is -2.57. The predicted octanol–water partition coefficient (Wildman–Crippen LogP) is 3.98. The van der Waals surface area contributed by atoms with Gasteiger partial charge in [0, 0.05) is 50.1 Å². The Bertz CT molecular complexity index is 1610. The zero-order chi connectivity index (χ0) is 28.0. The number of amides is 1. The number of halogens is 2. The van der Waals surface area contributed by atoms with Gasteiger partial charge in [-0.15, -0.1) is 0 Å². The van der Waals surface area contributed by atoms with Crippen molar-refractivity contribution in [1.29, 1.82) is 0 Å². The van der Waals surface area contributed by atoms with E-state index in [-0.39, 0.29) is 17.4 Å². The summed E-state index contributed by atoms with van der Waals surface area (Å²) in [5, 5.41) is 2.45. The summed E-state index contributed by atoms with van der Waals surface area (Å²) in [6.45, 7) is 3.77. The molecule has 1 saturated heterocycles. The third-order valence-electron chi connectivity index (χ3n) is 7.39. The van der Waals surface area contributed by atoms with Crippen LogP contribution in [0.5, 0.6) is 5.75 Å². The van der Waals surface area contributed by atoms with E-state index in [2.05, 4.69) is 15.3 Å². The number of ketones is 1. The number of aryl methyl sites for hydroxylation is 1. The van der Waals surface area contributed by atoms with Gasteiger partial charge in [-0.1, -0.05) is 30.3 Å². The second-order valence-corrected chi connectivity index (χ2v) is 9.86. The first kappa shape index (κ1) is 25.5. The van der Waals surface area contributed by atoms with Crippen LogP contribution in [0.1, 0.15) is 16.2 Å². The lowest BCUT2D eigenvalue weighted by molar-refractivity contribution is -0.112. The first-order valence-corrected chi connectivity index (χ1v) is 12.8. The standard InChI is InChI=1S/C29H26F2N6O3/c1-17-10-21(18-6-4-3-5-7-18)26(35(17)2)27(38)28(39)34-23-12-25-24(11-22(23)31)37-9-8-36(15-20(37)16-40-25)29-32-13-19(30)14-33-29/h3-7,10-14,20H,8-9,15-16H2,1-2H3,(H,34,39)/t20-/m0/s1. The molecule has 2 aromatic carbocycles. The highest BCUT2D eigenvalue weighted by molar-refractivity contribution is 6.47. The number of hydrogen-bond acceptors (Lipinski definition) is 7. The molecule has 0 unspecified atom stereocenters. The smallest absolute Gasteiger partial charge is 0.298 e. The van der Waals surface area contributed by atoms with Gasteiger partial charge in [0.15, 0.2) is 5.82 Å². The van der Waals surface area contributed by atoms with Crippen LogP contribution in [0.25, 0.3) is 11.1 Å². The summed E-state index contributed by atoms with van der Waals surface area (Å²) >= 11 is 0. The number of ether oxygens (including phenoxy) is 1. The monoisotopic (exact) mass is 544 g/mol. The second-order valence-electron chi connectivity index (χ2n) is 9.86. The maximum Gasteiger partial charge on any atom is 0.298 e. The minimum atomic E-state index is -0.946. The molecule has 0 radical (unpaired) electrons. The van der Waals surface area contributed by atoms with E-state index < -0.39 is 23.3 Å². The van der Waals surface area contributed by atoms with Crippen molar-refractivity contribution in [3.8, 4) is 16.9 Å². The molecule has 1 amide bonds. The van der Waals surface area contributed by atoms with Gasteiger partial charge < -0.3 is 24.4 Å². The molecule has 11 heteroatoms. The Kier molecular flexibility index (Phi) is 6.41. The average molecular weight is 545 g/mol. The molecule has 4 aromatic rings. The highest BCUT2D eigenvalue weighted by Gasteiger charge is 2.35. The average Bonchev–Trinajstić information content (AvgIpc) is 3.27. The van der Waals surface area contributed by atoms with Gasteiger partial charge in [-0.2, -0.15) is 0 Å². The molecular formula is C29H26F2N6O3. The van der Waals surface area contributed by atoms with Crippen molar-refractivity contribution < 1.29 is 23.1 Å². The fraction of sp³-hybridized carbons (Fsp3) is 0.241. The Morgan fingerprint density at radius 2 is 1.80 bits per heavy atom. The van der Waals surface area contributed by atoms with E-state index in [9.17, 15) is 14.0 Å². The largest absolute Gasteiger partial charge is 0.489 e. The molecule has 1 fully saturated rings. The minimum absolute atomic E-state index is 0.103. The predicted molar refractivity (Wildman–Crippen MR) is 146 cm³/mol. The SMILES string of the molecule is Cc1cc(-c2ccccc2)c(C(=O)C(=O)Nc2cc3c(cc2F)N2CCN(c4ncc(F)cn4)C[C@H]2CO3)n1C.